The van der Waals surface area contributed by atoms with Gasteiger partial charge in [-0.15, -0.1) is 11.8 Å². The molecule has 2 aromatic rings. The Hall–Kier alpha value is -1.82. The third-order valence-electron chi connectivity index (χ3n) is 2.30. The molecule has 0 aliphatic rings. The number of halogens is 1. The van der Waals surface area contributed by atoms with E-state index in [4.69, 9.17) is 4.74 Å². The molecule has 1 aromatic carbocycles. The molecule has 4 nitrogen and oxygen atoms in total. The van der Waals surface area contributed by atoms with E-state index in [1.807, 2.05) is 18.2 Å². The summed E-state index contributed by atoms with van der Waals surface area (Å²) in [6.07, 6.45) is 1.10. The van der Waals surface area contributed by atoms with Gasteiger partial charge >= 0.3 is 0 Å². The Balaban J connectivity index is 1.80. The Bertz CT molecular complexity index is 525. The number of benzene rings is 1. The van der Waals surface area contributed by atoms with Gasteiger partial charge in [-0.3, -0.25) is 0 Å². The van der Waals surface area contributed by atoms with Crippen LogP contribution in [0.5, 0.6) is 5.88 Å². The molecule has 0 unspecified atom stereocenters. The van der Waals surface area contributed by atoms with Crippen LogP contribution in [-0.2, 0) is 0 Å². The quantitative estimate of drug-likeness (QED) is 0.651. The number of rotatable bonds is 6. The fourth-order valence-electron chi connectivity index (χ4n) is 1.43. The smallest absolute Gasteiger partial charge is 0.255 e. The normalized spacial score (nSPS) is 10.2. The number of nitrogens with zero attached hydrogens (tertiary/aromatic N) is 2. The van der Waals surface area contributed by atoms with Crippen molar-refractivity contribution in [3.63, 3.8) is 0 Å². The summed E-state index contributed by atoms with van der Waals surface area (Å²) in [5.74, 6) is 0.624. The zero-order chi connectivity index (χ0) is 13.5. The van der Waals surface area contributed by atoms with Gasteiger partial charge < -0.3 is 10.1 Å². The van der Waals surface area contributed by atoms with Crippen molar-refractivity contribution >= 4 is 17.7 Å². The molecule has 1 aromatic heterocycles. The molecule has 0 saturated heterocycles. The summed E-state index contributed by atoms with van der Waals surface area (Å²) in [5, 5.41) is 3.03. The summed E-state index contributed by atoms with van der Waals surface area (Å²) in [4.78, 5) is 8.96. The second-order valence-corrected chi connectivity index (χ2v) is 4.81. The molecule has 0 aliphatic heterocycles. The fourth-order valence-corrected chi connectivity index (χ4v) is 2.22. The lowest BCUT2D eigenvalue weighted by Crippen LogP contribution is -2.08. The van der Waals surface area contributed by atoms with E-state index < -0.39 is 5.82 Å². The summed E-state index contributed by atoms with van der Waals surface area (Å²) in [6.45, 7) is 0.689. The van der Waals surface area contributed by atoms with Gasteiger partial charge in [-0.05, 0) is 12.1 Å². The van der Waals surface area contributed by atoms with Crippen LogP contribution in [0.4, 0.5) is 10.3 Å². The highest BCUT2D eigenvalue weighted by molar-refractivity contribution is 7.99. The van der Waals surface area contributed by atoms with Crippen LogP contribution in [0.3, 0.4) is 0 Å². The van der Waals surface area contributed by atoms with Crippen LogP contribution >= 0.6 is 11.8 Å². The average Bonchev–Trinajstić information content (AvgIpc) is 2.46. The predicted molar refractivity (Wildman–Crippen MR) is 74.2 cm³/mol. The van der Waals surface area contributed by atoms with Gasteiger partial charge in [0.2, 0.25) is 11.8 Å². The summed E-state index contributed by atoms with van der Waals surface area (Å²) in [6, 6.07) is 10.1. The molecule has 0 fully saturated rings. The van der Waals surface area contributed by atoms with E-state index in [-0.39, 0.29) is 5.88 Å². The molecule has 0 bridgehead atoms. The van der Waals surface area contributed by atoms with Gasteiger partial charge in [0, 0.05) is 17.2 Å². The third-order valence-corrected chi connectivity index (χ3v) is 3.32. The number of hydrogen-bond acceptors (Lipinski definition) is 5. The SMILES string of the molecule is COc1nc(NCCSc2ccccc2)ncc1F. The van der Waals surface area contributed by atoms with Crippen LogP contribution in [0.15, 0.2) is 41.4 Å². The first kappa shape index (κ1) is 13.6. The van der Waals surface area contributed by atoms with Gasteiger partial charge in [0.05, 0.1) is 13.3 Å². The second-order valence-electron chi connectivity index (χ2n) is 3.64. The van der Waals surface area contributed by atoms with Crippen LogP contribution in [0.1, 0.15) is 0 Å². The van der Waals surface area contributed by atoms with E-state index in [9.17, 15) is 4.39 Å². The third kappa shape index (κ3) is 4.10. The fraction of sp³-hybridized carbons (Fsp3) is 0.231. The van der Waals surface area contributed by atoms with Crippen molar-refractivity contribution in [2.75, 3.05) is 24.7 Å². The second kappa shape index (κ2) is 6.94. The lowest BCUT2D eigenvalue weighted by atomic mass is 10.4. The number of methoxy groups -OCH3 is 1. The zero-order valence-corrected chi connectivity index (χ0v) is 11.3. The van der Waals surface area contributed by atoms with Crippen LogP contribution in [0.2, 0.25) is 0 Å². The predicted octanol–water partition coefficient (Wildman–Crippen LogP) is 2.83. The van der Waals surface area contributed by atoms with E-state index in [0.29, 0.717) is 12.5 Å². The first-order chi connectivity index (χ1) is 9.29. The van der Waals surface area contributed by atoms with Crippen molar-refractivity contribution in [3.8, 4) is 5.88 Å². The lowest BCUT2D eigenvalue weighted by Gasteiger charge is -2.06. The number of ether oxygens (including phenoxy) is 1. The van der Waals surface area contributed by atoms with Gasteiger partial charge in [-0.1, -0.05) is 18.2 Å². The molecule has 100 valence electrons. The molecule has 0 amide bonds. The topological polar surface area (TPSA) is 47.0 Å². The van der Waals surface area contributed by atoms with Crippen LogP contribution < -0.4 is 10.1 Å². The van der Waals surface area contributed by atoms with Crippen LogP contribution in [0, 0.1) is 5.82 Å². The number of nitrogens with one attached hydrogen (secondary N) is 1. The summed E-state index contributed by atoms with van der Waals surface area (Å²) in [7, 11) is 1.38. The minimum atomic E-state index is -0.563. The maximum atomic E-state index is 13.1. The monoisotopic (exact) mass is 279 g/mol. The average molecular weight is 279 g/mol. The first-order valence-electron chi connectivity index (χ1n) is 5.78. The number of aromatic nitrogens is 2. The lowest BCUT2D eigenvalue weighted by molar-refractivity contribution is 0.368. The number of anilines is 1. The van der Waals surface area contributed by atoms with E-state index in [2.05, 4.69) is 27.4 Å². The number of hydrogen-bond donors (Lipinski definition) is 1. The highest BCUT2D eigenvalue weighted by Gasteiger charge is 2.06. The van der Waals surface area contributed by atoms with E-state index in [0.717, 1.165) is 11.9 Å². The number of thioether (sulfide) groups is 1. The Morgan fingerprint density at radius 2 is 2.11 bits per heavy atom. The van der Waals surface area contributed by atoms with E-state index in [1.165, 1.54) is 12.0 Å². The molecule has 0 saturated carbocycles. The molecule has 1 heterocycles. The minimum absolute atomic E-state index is 0.0480. The first-order valence-corrected chi connectivity index (χ1v) is 6.76. The van der Waals surface area contributed by atoms with Gasteiger partial charge in [0.25, 0.3) is 5.88 Å². The Kier molecular flexibility index (Phi) is 4.97. The van der Waals surface area contributed by atoms with Gasteiger partial charge in [0.15, 0.2) is 0 Å². The largest absolute Gasteiger partial charge is 0.479 e. The van der Waals surface area contributed by atoms with Gasteiger partial charge in [-0.2, -0.15) is 9.37 Å². The summed E-state index contributed by atoms with van der Waals surface area (Å²) in [5.41, 5.74) is 0. The molecule has 0 aliphatic carbocycles. The molecule has 0 atom stereocenters. The molecule has 0 radical (unpaired) electrons. The van der Waals surface area contributed by atoms with Crippen molar-refractivity contribution in [2.24, 2.45) is 0 Å². The van der Waals surface area contributed by atoms with Gasteiger partial charge in [0.1, 0.15) is 0 Å². The van der Waals surface area contributed by atoms with Crippen molar-refractivity contribution < 1.29 is 9.13 Å². The maximum absolute atomic E-state index is 13.1. The van der Waals surface area contributed by atoms with E-state index >= 15 is 0 Å². The Morgan fingerprint density at radius 3 is 2.84 bits per heavy atom. The minimum Gasteiger partial charge on any atom is -0.479 e. The van der Waals surface area contributed by atoms with Crippen molar-refractivity contribution in [3.05, 3.63) is 42.3 Å². The highest BCUT2D eigenvalue weighted by Crippen LogP contribution is 2.17. The highest BCUT2D eigenvalue weighted by atomic mass is 32.2. The van der Waals surface area contributed by atoms with Crippen molar-refractivity contribution in [1.29, 1.82) is 0 Å². The van der Waals surface area contributed by atoms with Crippen molar-refractivity contribution in [1.82, 2.24) is 9.97 Å². The maximum Gasteiger partial charge on any atom is 0.255 e. The summed E-state index contributed by atoms with van der Waals surface area (Å²) < 4.78 is 17.9. The van der Waals surface area contributed by atoms with Gasteiger partial charge in [-0.25, -0.2) is 4.98 Å². The zero-order valence-electron chi connectivity index (χ0n) is 10.5. The Morgan fingerprint density at radius 1 is 1.32 bits per heavy atom. The molecule has 2 rings (SSSR count). The standard InChI is InChI=1S/C13H14FN3OS/c1-18-12-11(14)9-16-13(17-12)15-7-8-19-10-5-3-2-4-6-10/h2-6,9H,7-8H2,1H3,(H,15,16,17). The molecule has 6 heteroatoms. The van der Waals surface area contributed by atoms with Crippen molar-refractivity contribution in [2.45, 2.75) is 4.90 Å². The molecule has 0 spiro atoms. The van der Waals surface area contributed by atoms with Crippen LogP contribution in [-0.4, -0.2) is 29.4 Å². The molecular weight excluding hydrogens is 265 g/mol. The van der Waals surface area contributed by atoms with E-state index in [1.54, 1.807) is 11.8 Å². The van der Waals surface area contributed by atoms with Crippen LogP contribution in [0.25, 0.3) is 0 Å². The summed E-state index contributed by atoms with van der Waals surface area (Å²) >= 11 is 1.73. The Labute approximate surface area is 115 Å². The molecule has 19 heavy (non-hydrogen) atoms. The molecular formula is C13H14FN3OS. The molecule has 1 N–H and O–H groups in total.